The highest BCUT2D eigenvalue weighted by molar-refractivity contribution is 9.10. The third-order valence-electron chi connectivity index (χ3n) is 6.34. The molecule has 1 aromatic carbocycles. The quantitative estimate of drug-likeness (QED) is 0.365. The zero-order chi connectivity index (χ0) is 22.9. The molecule has 1 N–H and O–H groups in total. The van der Waals surface area contributed by atoms with Gasteiger partial charge in [0.05, 0.1) is 12.1 Å². The van der Waals surface area contributed by atoms with Gasteiger partial charge in [0.25, 0.3) is 0 Å². The SMILES string of the molecule is CCOC(=O)c1cn([C@H](CCC(C)(C)[Si](C)(C)O)C(C)C)c2ccc(Br)cc2c1=O. The summed E-state index contributed by atoms with van der Waals surface area (Å²) in [6.07, 6.45) is 3.35. The lowest BCUT2D eigenvalue weighted by molar-refractivity contribution is 0.0523. The van der Waals surface area contributed by atoms with E-state index in [2.05, 4.69) is 48.2 Å². The summed E-state index contributed by atoms with van der Waals surface area (Å²) >= 11 is 3.44. The molecule has 5 nitrogen and oxygen atoms in total. The van der Waals surface area contributed by atoms with Crippen LogP contribution >= 0.6 is 15.9 Å². The molecule has 0 saturated heterocycles. The van der Waals surface area contributed by atoms with Crippen LogP contribution in [0.4, 0.5) is 0 Å². The van der Waals surface area contributed by atoms with Crippen molar-refractivity contribution in [2.45, 2.75) is 71.6 Å². The van der Waals surface area contributed by atoms with E-state index in [1.54, 1.807) is 19.2 Å². The first-order chi connectivity index (χ1) is 13.8. The van der Waals surface area contributed by atoms with E-state index in [1.807, 2.05) is 25.2 Å². The van der Waals surface area contributed by atoms with Crippen LogP contribution in [0.25, 0.3) is 10.9 Å². The Morgan fingerprint density at radius 3 is 2.47 bits per heavy atom. The Morgan fingerprint density at radius 2 is 1.93 bits per heavy atom. The van der Waals surface area contributed by atoms with E-state index in [9.17, 15) is 14.4 Å². The lowest BCUT2D eigenvalue weighted by Crippen LogP contribution is -2.39. The molecule has 0 saturated carbocycles. The van der Waals surface area contributed by atoms with Crippen LogP contribution in [0, 0.1) is 5.92 Å². The van der Waals surface area contributed by atoms with Crippen molar-refractivity contribution in [2.24, 2.45) is 5.92 Å². The van der Waals surface area contributed by atoms with Crippen LogP contribution in [0.3, 0.4) is 0 Å². The predicted octanol–water partition coefficient (Wildman–Crippen LogP) is 5.90. The van der Waals surface area contributed by atoms with Crippen molar-refractivity contribution in [1.29, 1.82) is 0 Å². The Hall–Kier alpha value is -1.44. The number of benzene rings is 1. The molecule has 1 aromatic heterocycles. The average molecular weight is 497 g/mol. The lowest BCUT2D eigenvalue weighted by Gasteiger charge is -2.37. The molecule has 0 spiro atoms. The standard InChI is InChI=1S/C23H34BrNO4Si/c1-8-29-22(27)18-14-25(20-10-9-16(24)13-17(20)21(18)26)19(15(2)3)11-12-23(4,5)30(6,7)28/h9-10,13-15,19,28H,8,11-12H2,1-7H3/t19-/m1/s1. The minimum atomic E-state index is -2.34. The van der Waals surface area contributed by atoms with Gasteiger partial charge in [-0.1, -0.05) is 43.6 Å². The Labute approximate surface area is 188 Å². The molecule has 0 amide bonds. The smallest absolute Gasteiger partial charge is 0.343 e. The Balaban J connectivity index is 2.64. The highest BCUT2D eigenvalue weighted by Gasteiger charge is 2.38. The number of aromatic nitrogens is 1. The summed E-state index contributed by atoms with van der Waals surface area (Å²) in [4.78, 5) is 36.2. The minimum Gasteiger partial charge on any atom is -0.462 e. The molecule has 0 aliphatic rings. The van der Waals surface area contributed by atoms with Gasteiger partial charge in [0.2, 0.25) is 5.43 Å². The van der Waals surface area contributed by atoms with Crippen molar-refractivity contribution in [1.82, 2.24) is 4.57 Å². The summed E-state index contributed by atoms with van der Waals surface area (Å²) in [6, 6.07) is 5.66. The van der Waals surface area contributed by atoms with Crippen LogP contribution < -0.4 is 5.43 Å². The Morgan fingerprint density at radius 1 is 1.30 bits per heavy atom. The summed E-state index contributed by atoms with van der Waals surface area (Å²) in [5, 5.41) is 0.346. The molecule has 1 atom stereocenters. The van der Waals surface area contributed by atoms with Gasteiger partial charge in [0, 0.05) is 22.1 Å². The summed E-state index contributed by atoms with van der Waals surface area (Å²) < 4.78 is 8.00. The van der Waals surface area contributed by atoms with Crippen LogP contribution in [-0.2, 0) is 4.74 Å². The Kier molecular flexibility index (Phi) is 7.75. The first-order valence-electron chi connectivity index (χ1n) is 10.5. The van der Waals surface area contributed by atoms with Gasteiger partial charge in [-0.3, -0.25) is 4.79 Å². The molecule has 0 aliphatic carbocycles. The van der Waals surface area contributed by atoms with Crippen molar-refractivity contribution in [3.8, 4) is 0 Å². The van der Waals surface area contributed by atoms with Crippen LogP contribution in [-0.4, -0.2) is 30.3 Å². The van der Waals surface area contributed by atoms with Gasteiger partial charge in [-0.2, -0.15) is 0 Å². The lowest BCUT2D eigenvalue weighted by atomic mass is 9.93. The highest BCUT2D eigenvalue weighted by Crippen LogP contribution is 2.42. The maximum absolute atomic E-state index is 13.0. The van der Waals surface area contributed by atoms with E-state index in [-0.39, 0.29) is 34.6 Å². The second-order valence-corrected chi connectivity index (χ2v) is 14.8. The molecule has 7 heteroatoms. The minimum absolute atomic E-state index is 0.0595. The maximum Gasteiger partial charge on any atom is 0.343 e. The first-order valence-corrected chi connectivity index (χ1v) is 14.3. The van der Waals surface area contributed by atoms with Crippen molar-refractivity contribution in [3.05, 3.63) is 44.7 Å². The number of fused-ring (bicyclic) bond motifs is 1. The number of hydrogen-bond donors (Lipinski definition) is 1. The van der Waals surface area contributed by atoms with Crippen LogP contribution in [0.1, 0.15) is 63.9 Å². The number of carbonyl (C=O) groups is 1. The number of hydrogen-bond acceptors (Lipinski definition) is 4. The van der Waals surface area contributed by atoms with E-state index in [0.717, 1.165) is 22.8 Å². The number of nitrogens with zero attached hydrogens (tertiary/aromatic N) is 1. The molecule has 0 bridgehead atoms. The molecule has 2 rings (SSSR count). The third-order valence-corrected chi connectivity index (χ3v) is 10.4. The Bertz CT molecular complexity index is 976. The zero-order valence-electron chi connectivity index (χ0n) is 19.1. The average Bonchev–Trinajstić information content (AvgIpc) is 2.62. The van der Waals surface area contributed by atoms with E-state index < -0.39 is 14.3 Å². The van der Waals surface area contributed by atoms with E-state index in [4.69, 9.17) is 4.74 Å². The fourth-order valence-electron chi connectivity index (χ4n) is 3.56. The van der Waals surface area contributed by atoms with E-state index in [1.165, 1.54) is 0 Å². The van der Waals surface area contributed by atoms with Crippen LogP contribution in [0.5, 0.6) is 0 Å². The van der Waals surface area contributed by atoms with E-state index in [0.29, 0.717) is 5.39 Å². The molecule has 0 aliphatic heterocycles. The molecule has 0 radical (unpaired) electrons. The van der Waals surface area contributed by atoms with Gasteiger partial charge in [0.1, 0.15) is 5.56 Å². The monoisotopic (exact) mass is 495 g/mol. The van der Waals surface area contributed by atoms with Gasteiger partial charge in [-0.05, 0) is 62.0 Å². The molecule has 2 aromatic rings. The normalized spacial score (nSPS) is 13.7. The number of halogens is 1. The summed E-state index contributed by atoms with van der Waals surface area (Å²) in [5.41, 5.74) is 0.546. The molecule has 30 heavy (non-hydrogen) atoms. The van der Waals surface area contributed by atoms with Gasteiger partial charge in [0.15, 0.2) is 8.32 Å². The predicted molar refractivity (Wildman–Crippen MR) is 129 cm³/mol. The molecule has 1 heterocycles. The zero-order valence-corrected chi connectivity index (χ0v) is 21.7. The second-order valence-electron chi connectivity index (χ2n) is 9.45. The fourth-order valence-corrected chi connectivity index (χ4v) is 4.68. The summed E-state index contributed by atoms with van der Waals surface area (Å²) in [6.45, 7) is 14.4. The second kappa shape index (κ2) is 9.36. The van der Waals surface area contributed by atoms with Gasteiger partial charge < -0.3 is 14.1 Å². The number of rotatable bonds is 8. The van der Waals surface area contributed by atoms with Crippen molar-refractivity contribution < 1.29 is 14.3 Å². The van der Waals surface area contributed by atoms with Crippen LogP contribution in [0.2, 0.25) is 18.1 Å². The first kappa shape index (κ1) is 24.8. The molecular formula is C23H34BrNO4Si. The number of ether oxygens (including phenoxy) is 1. The number of pyridine rings is 1. The van der Waals surface area contributed by atoms with Crippen molar-refractivity contribution in [2.75, 3.05) is 6.61 Å². The largest absolute Gasteiger partial charge is 0.462 e. The van der Waals surface area contributed by atoms with Crippen molar-refractivity contribution in [3.63, 3.8) is 0 Å². The van der Waals surface area contributed by atoms with E-state index >= 15 is 0 Å². The van der Waals surface area contributed by atoms with Crippen LogP contribution in [0.15, 0.2) is 33.7 Å². The van der Waals surface area contributed by atoms with Gasteiger partial charge in [-0.25, -0.2) is 4.79 Å². The molecule has 0 fully saturated rings. The van der Waals surface area contributed by atoms with Gasteiger partial charge in [-0.15, -0.1) is 0 Å². The van der Waals surface area contributed by atoms with Gasteiger partial charge >= 0.3 is 5.97 Å². The number of carbonyl (C=O) groups excluding carboxylic acids is 1. The number of esters is 1. The highest BCUT2D eigenvalue weighted by atomic mass is 79.9. The fraction of sp³-hybridized carbons (Fsp3) is 0.565. The molecular weight excluding hydrogens is 462 g/mol. The van der Waals surface area contributed by atoms with Crippen molar-refractivity contribution >= 4 is 41.1 Å². The summed E-state index contributed by atoms with van der Waals surface area (Å²) in [5.74, 6) is -0.321. The molecule has 0 unspecified atom stereocenters. The third kappa shape index (κ3) is 5.24. The topological polar surface area (TPSA) is 68.5 Å². The maximum atomic E-state index is 13.0. The summed E-state index contributed by atoms with van der Waals surface area (Å²) in [7, 11) is -2.34. The molecule has 166 valence electrons.